The van der Waals surface area contributed by atoms with Crippen LogP contribution < -0.4 is 0 Å². The van der Waals surface area contributed by atoms with Crippen LogP contribution in [-0.2, 0) is 6.54 Å². The molecule has 1 aliphatic rings. The number of alkyl halides is 3. The highest BCUT2D eigenvalue weighted by molar-refractivity contribution is 5.87. The highest BCUT2D eigenvalue weighted by atomic mass is 19.4. The summed E-state index contributed by atoms with van der Waals surface area (Å²) in [5.74, 6) is -0.980. The Balaban J connectivity index is 1.86. The van der Waals surface area contributed by atoms with Crippen molar-refractivity contribution in [2.45, 2.75) is 12.7 Å². The zero-order valence-corrected chi connectivity index (χ0v) is 11.4. The van der Waals surface area contributed by atoms with Crippen LogP contribution >= 0.6 is 0 Å². The van der Waals surface area contributed by atoms with Gasteiger partial charge in [-0.3, -0.25) is 9.80 Å². The van der Waals surface area contributed by atoms with E-state index in [0.29, 0.717) is 32.7 Å². The first-order valence-corrected chi connectivity index (χ1v) is 6.67. The Morgan fingerprint density at radius 3 is 2.33 bits per heavy atom. The summed E-state index contributed by atoms with van der Waals surface area (Å²) in [6.07, 6.45) is -4.15. The molecule has 0 spiro atoms. The van der Waals surface area contributed by atoms with Crippen molar-refractivity contribution in [2.24, 2.45) is 0 Å². The smallest absolute Gasteiger partial charge is 0.401 e. The molecular formula is C14H17F3N2O2. The molecule has 1 fully saturated rings. The summed E-state index contributed by atoms with van der Waals surface area (Å²) >= 11 is 0. The number of carboxylic acids is 1. The second-order valence-electron chi connectivity index (χ2n) is 5.17. The first-order chi connectivity index (χ1) is 9.83. The third kappa shape index (κ3) is 5.02. The number of carbonyl (C=O) groups is 1. The predicted octanol–water partition coefficient (Wildman–Crippen LogP) is 2.06. The average molecular weight is 302 g/mol. The Hall–Kier alpha value is -1.60. The Morgan fingerprint density at radius 1 is 1.14 bits per heavy atom. The zero-order valence-electron chi connectivity index (χ0n) is 11.4. The van der Waals surface area contributed by atoms with E-state index in [0.717, 1.165) is 5.56 Å². The van der Waals surface area contributed by atoms with Gasteiger partial charge in [-0.15, -0.1) is 0 Å². The first kappa shape index (κ1) is 15.8. The van der Waals surface area contributed by atoms with Gasteiger partial charge in [0.05, 0.1) is 12.1 Å². The lowest BCUT2D eigenvalue weighted by molar-refractivity contribution is -0.149. The Bertz CT molecular complexity index is 497. The number of aromatic carboxylic acids is 1. The standard InChI is InChI=1S/C14H17F3N2O2/c15-14(16,17)10-19-6-4-18(5-7-19)9-11-2-1-3-12(8-11)13(20)21/h1-3,8H,4-7,9-10H2,(H,20,21). The summed E-state index contributed by atoms with van der Waals surface area (Å²) in [6.45, 7) is 1.54. The average Bonchev–Trinajstić information content (AvgIpc) is 2.40. The molecule has 1 N–H and O–H groups in total. The van der Waals surface area contributed by atoms with Crippen molar-refractivity contribution in [1.82, 2.24) is 9.80 Å². The lowest BCUT2D eigenvalue weighted by atomic mass is 10.1. The van der Waals surface area contributed by atoms with Crippen LogP contribution in [0.1, 0.15) is 15.9 Å². The van der Waals surface area contributed by atoms with Crippen molar-refractivity contribution < 1.29 is 23.1 Å². The molecule has 2 rings (SSSR count). The van der Waals surface area contributed by atoms with Crippen LogP contribution in [0.25, 0.3) is 0 Å². The number of nitrogens with zero attached hydrogens (tertiary/aromatic N) is 2. The second kappa shape index (κ2) is 6.44. The van der Waals surface area contributed by atoms with E-state index < -0.39 is 18.7 Å². The van der Waals surface area contributed by atoms with Gasteiger partial charge < -0.3 is 5.11 Å². The van der Waals surface area contributed by atoms with Crippen molar-refractivity contribution in [2.75, 3.05) is 32.7 Å². The van der Waals surface area contributed by atoms with E-state index in [4.69, 9.17) is 5.11 Å². The fourth-order valence-electron chi connectivity index (χ4n) is 2.42. The number of piperazine rings is 1. The summed E-state index contributed by atoms with van der Waals surface area (Å²) in [7, 11) is 0. The molecule has 21 heavy (non-hydrogen) atoms. The van der Waals surface area contributed by atoms with Gasteiger partial charge in [0.2, 0.25) is 0 Å². The fraction of sp³-hybridized carbons (Fsp3) is 0.500. The molecule has 4 nitrogen and oxygen atoms in total. The van der Waals surface area contributed by atoms with E-state index in [9.17, 15) is 18.0 Å². The molecule has 1 aromatic rings. The minimum absolute atomic E-state index is 0.225. The van der Waals surface area contributed by atoms with Crippen molar-refractivity contribution in [3.63, 3.8) is 0 Å². The van der Waals surface area contributed by atoms with Gasteiger partial charge >= 0.3 is 12.1 Å². The van der Waals surface area contributed by atoms with Crippen LogP contribution in [0.3, 0.4) is 0 Å². The van der Waals surface area contributed by atoms with Crippen molar-refractivity contribution in [3.8, 4) is 0 Å². The van der Waals surface area contributed by atoms with Crippen LogP contribution in [0.5, 0.6) is 0 Å². The van der Waals surface area contributed by atoms with E-state index in [1.807, 2.05) is 11.0 Å². The maximum Gasteiger partial charge on any atom is 0.401 e. The van der Waals surface area contributed by atoms with Crippen LogP contribution in [0.2, 0.25) is 0 Å². The molecule has 0 aromatic heterocycles. The van der Waals surface area contributed by atoms with Crippen LogP contribution in [0, 0.1) is 0 Å². The highest BCUT2D eigenvalue weighted by Crippen LogP contribution is 2.18. The van der Waals surface area contributed by atoms with Crippen molar-refractivity contribution >= 4 is 5.97 Å². The molecule has 1 saturated heterocycles. The molecule has 0 atom stereocenters. The molecule has 0 amide bonds. The number of hydrogen-bond donors (Lipinski definition) is 1. The molecule has 0 unspecified atom stereocenters. The van der Waals surface area contributed by atoms with Gasteiger partial charge in [0.25, 0.3) is 0 Å². The normalized spacial score (nSPS) is 17.9. The Morgan fingerprint density at radius 2 is 1.76 bits per heavy atom. The van der Waals surface area contributed by atoms with Gasteiger partial charge in [0, 0.05) is 32.7 Å². The minimum Gasteiger partial charge on any atom is -0.478 e. The van der Waals surface area contributed by atoms with Gasteiger partial charge in [0.1, 0.15) is 0 Å². The molecule has 0 radical (unpaired) electrons. The Labute approximate surface area is 120 Å². The van der Waals surface area contributed by atoms with Gasteiger partial charge in [-0.2, -0.15) is 13.2 Å². The summed E-state index contributed by atoms with van der Waals surface area (Å²) < 4.78 is 36.9. The molecule has 1 aliphatic heterocycles. The maximum absolute atomic E-state index is 12.3. The lowest BCUT2D eigenvalue weighted by Crippen LogP contribution is -2.48. The minimum atomic E-state index is -4.15. The third-order valence-electron chi connectivity index (χ3n) is 3.45. The molecule has 1 aromatic carbocycles. The van der Waals surface area contributed by atoms with Gasteiger partial charge in [-0.1, -0.05) is 12.1 Å². The summed E-state index contributed by atoms with van der Waals surface area (Å²) in [6, 6.07) is 6.63. The number of halogens is 3. The SMILES string of the molecule is O=C(O)c1cccc(CN2CCN(CC(F)(F)F)CC2)c1. The topological polar surface area (TPSA) is 43.8 Å². The molecule has 0 saturated carbocycles. The predicted molar refractivity (Wildman–Crippen MR) is 71.2 cm³/mol. The van der Waals surface area contributed by atoms with E-state index in [2.05, 4.69) is 0 Å². The van der Waals surface area contributed by atoms with E-state index in [1.165, 1.54) is 11.0 Å². The lowest BCUT2D eigenvalue weighted by Gasteiger charge is -2.35. The molecule has 7 heteroatoms. The monoisotopic (exact) mass is 302 g/mol. The Kier molecular flexibility index (Phi) is 4.84. The van der Waals surface area contributed by atoms with Crippen LogP contribution in [0.4, 0.5) is 13.2 Å². The quantitative estimate of drug-likeness (QED) is 0.924. The second-order valence-corrected chi connectivity index (χ2v) is 5.17. The summed E-state index contributed by atoms with van der Waals surface area (Å²) in [4.78, 5) is 14.3. The van der Waals surface area contributed by atoms with Crippen molar-refractivity contribution in [1.29, 1.82) is 0 Å². The summed E-state index contributed by atoms with van der Waals surface area (Å²) in [5.41, 5.74) is 1.09. The van der Waals surface area contributed by atoms with E-state index in [-0.39, 0.29) is 5.56 Å². The first-order valence-electron chi connectivity index (χ1n) is 6.67. The number of benzene rings is 1. The van der Waals surface area contributed by atoms with E-state index >= 15 is 0 Å². The molecule has 116 valence electrons. The fourth-order valence-corrected chi connectivity index (χ4v) is 2.42. The molecular weight excluding hydrogens is 285 g/mol. The van der Waals surface area contributed by atoms with Crippen LogP contribution in [0.15, 0.2) is 24.3 Å². The zero-order chi connectivity index (χ0) is 15.5. The molecule has 0 bridgehead atoms. The number of hydrogen-bond acceptors (Lipinski definition) is 3. The number of carboxylic acid groups (broad SMARTS) is 1. The van der Waals surface area contributed by atoms with E-state index in [1.54, 1.807) is 12.1 Å². The largest absolute Gasteiger partial charge is 0.478 e. The summed E-state index contributed by atoms with van der Waals surface area (Å²) in [5, 5.41) is 8.93. The highest BCUT2D eigenvalue weighted by Gasteiger charge is 2.32. The third-order valence-corrected chi connectivity index (χ3v) is 3.45. The molecule has 1 heterocycles. The van der Waals surface area contributed by atoms with Gasteiger partial charge in [-0.25, -0.2) is 4.79 Å². The van der Waals surface area contributed by atoms with Crippen molar-refractivity contribution in [3.05, 3.63) is 35.4 Å². The van der Waals surface area contributed by atoms with Gasteiger partial charge in [0.15, 0.2) is 0 Å². The number of rotatable bonds is 4. The molecule has 0 aliphatic carbocycles. The van der Waals surface area contributed by atoms with Gasteiger partial charge in [-0.05, 0) is 17.7 Å². The van der Waals surface area contributed by atoms with Crippen LogP contribution in [-0.4, -0.2) is 59.8 Å². The maximum atomic E-state index is 12.3.